The predicted octanol–water partition coefficient (Wildman–Crippen LogP) is 4.10. The lowest BCUT2D eigenvalue weighted by atomic mass is 9.87. The third kappa shape index (κ3) is 2.21. The Labute approximate surface area is 136 Å². The molecule has 1 aromatic rings. The average molecular weight is 346 g/mol. The Morgan fingerprint density at radius 2 is 1.67 bits per heavy atom. The van der Waals surface area contributed by atoms with Gasteiger partial charge in [-0.05, 0) is 24.7 Å². The highest BCUT2D eigenvalue weighted by Crippen LogP contribution is 2.71. The summed E-state index contributed by atoms with van der Waals surface area (Å²) >= 11 is 0. The van der Waals surface area contributed by atoms with Crippen LogP contribution in [0, 0.1) is 40.0 Å². The molecule has 0 radical (unpaired) electrons. The number of rotatable bonds is 5. The summed E-state index contributed by atoms with van der Waals surface area (Å²) in [6.45, 7) is 4.96. The van der Waals surface area contributed by atoms with E-state index >= 15 is 0 Å². The molecule has 0 saturated heterocycles. The van der Waals surface area contributed by atoms with Crippen LogP contribution in [0.4, 0.5) is 17.6 Å². The van der Waals surface area contributed by atoms with Gasteiger partial charge in [0.1, 0.15) is 0 Å². The van der Waals surface area contributed by atoms with Crippen LogP contribution in [-0.2, 0) is 11.2 Å². The van der Waals surface area contributed by atoms with E-state index in [2.05, 4.69) is 4.74 Å². The SMILES string of the molecule is C/C=C/C1C(C)(C)[C@]1(Cc1c(F)c(F)c(OC)c(F)c1F)C(=O)O. The highest BCUT2D eigenvalue weighted by Gasteiger charge is 2.74. The molecule has 0 spiro atoms. The Hall–Kier alpha value is -2.05. The summed E-state index contributed by atoms with van der Waals surface area (Å²) in [6.07, 6.45) is 2.60. The first-order valence-corrected chi connectivity index (χ1v) is 7.32. The second-order valence-electron chi connectivity index (χ2n) is 6.45. The van der Waals surface area contributed by atoms with Crippen LogP contribution in [0.3, 0.4) is 0 Å². The topological polar surface area (TPSA) is 46.5 Å². The smallest absolute Gasteiger partial charge is 0.311 e. The van der Waals surface area contributed by atoms with Crippen LogP contribution in [0.2, 0.25) is 0 Å². The largest absolute Gasteiger partial charge is 0.491 e. The van der Waals surface area contributed by atoms with E-state index in [-0.39, 0.29) is 0 Å². The van der Waals surface area contributed by atoms with Gasteiger partial charge in [-0.15, -0.1) is 0 Å². The average Bonchev–Trinajstić information content (AvgIpc) is 2.99. The van der Waals surface area contributed by atoms with Crippen molar-refractivity contribution in [2.45, 2.75) is 27.2 Å². The lowest BCUT2D eigenvalue weighted by Gasteiger charge is -2.18. The molecule has 2 rings (SSSR count). The van der Waals surface area contributed by atoms with Crippen molar-refractivity contribution in [1.29, 1.82) is 0 Å². The summed E-state index contributed by atoms with van der Waals surface area (Å²) in [5, 5.41) is 9.63. The highest BCUT2D eigenvalue weighted by molar-refractivity contribution is 5.82. The number of hydrogen-bond donors (Lipinski definition) is 1. The molecular weight excluding hydrogens is 328 g/mol. The van der Waals surface area contributed by atoms with Gasteiger partial charge in [0.05, 0.1) is 12.5 Å². The minimum Gasteiger partial charge on any atom is -0.491 e. The van der Waals surface area contributed by atoms with Crippen LogP contribution in [0.1, 0.15) is 26.3 Å². The van der Waals surface area contributed by atoms with E-state index in [1.54, 1.807) is 32.9 Å². The van der Waals surface area contributed by atoms with Crippen LogP contribution in [0.15, 0.2) is 12.2 Å². The third-order valence-corrected chi connectivity index (χ3v) is 5.12. The molecule has 1 aliphatic rings. The second-order valence-corrected chi connectivity index (χ2v) is 6.45. The molecule has 3 nitrogen and oxygen atoms in total. The molecule has 0 aliphatic heterocycles. The van der Waals surface area contributed by atoms with Crippen LogP contribution >= 0.6 is 0 Å². The lowest BCUT2D eigenvalue weighted by molar-refractivity contribution is -0.145. The van der Waals surface area contributed by atoms with Crippen LogP contribution in [0.5, 0.6) is 5.75 Å². The minimum absolute atomic E-state index is 0.514. The van der Waals surface area contributed by atoms with Crippen molar-refractivity contribution in [3.63, 3.8) is 0 Å². The molecule has 1 fully saturated rings. The number of allylic oxidation sites excluding steroid dienone is 2. The van der Waals surface area contributed by atoms with E-state index < -0.39 is 63.7 Å². The van der Waals surface area contributed by atoms with Crippen molar-refractivity contribution in [3.8, 4) is 5.75 Å². The molecule has 2 atom stereocenters. The van der Waals surface area contributed by atoms with Crippen molar-refractivity contribution >= 4 is 5.97 Å². The van der Waals surface area contributed by atoms with Crippen LogP contribution in [-0.4, -0.2) is 18.2 Å². The summed E-state index contributed by atoms with van der Waals surface area (Å²) < 4.78 is 60.5. The Kier molecular flexibility index (Phi) is 4.41. The number of aliphatic carboxylic acids is 1. The van der Waals surface area contributed by atoms with Crippen molar-refractivity contribution in [1.82, 2.24) is 0 Å². The normalized spacial score (nSPS) is 25.1. The van der Waals surface area contributed by atoms with Gasteiger partial charge in [0.15, 0.2) is 17.4 Å². The molecule has 0 heterocycles. The van der Waals surface area contributed by atoms with Gasteiger partial charge in [0.2, 0.25) is 11.6 Å². The molecule has 1 unspecified atom stereocenters. The fourth-order valence-corrected chi connectivity index (χ4v) is 3.58. The lowest BCUT2D eigenvalue weighted by Crippen LogP contribution is -2.26. The molecule has 0 aromatic heterocycles. The summed E-state index contributed by atoms with van der Waals surface area (Å²) in [5.41, 5.74) is -3.29. The summed E-state index contributed by atoms with van der Waals surface area (Å²) in [6, 6.07) is 0. The van der Waals surface area contributed by atoms with Gasteiger partial charge in [0, 0.05) is 5.56 Å². The molecule has 132 valence electrons. The first kappa shape index (κ1) is 18.3. The number of halogens is 4. The van der Waals surface area contributed by atoms with E-state index in [1.165, 1.54) is 0 Å². The van der Waals surface area contributed by atoms with E-state index in [0.717, 1.165) is 7.11 Å². The molecule has 0 bridgehead atoms. The van der Waals surface area contributed by atoms with E-state index in [9.17, 15) is 27.5 Å². The molecule has 1 N–H and O–H groups in total. The van der Waals surface area contributed by atoms with Gasteiger partial charge < -0.3 is 9.84 Å². The first-order chi connectivity index (χ1) is 11.1. The van der Waals surface area contributed by atoms with Crippen molar-refractivity contribution < 1.29 is 32.2 Å². The minimum atomic E-state index is -1.67. The number of carboxylic acid groups (broad SMARTS) is 1. The maximum Gasteiger partial charge on any atom is 0.311 e. The number of methoxy groups -OCH3 is 1. The van der Waals surface area contributed by atoms with E-state index in [0.29, 0.717) is 0 Å². The Morgan fingerprint density at radius 3 is 2.04 bits per heavy atom. The number of hydrogen-bond acceptors (Lipinski definition) is 2. The van der Waals surface area contributed by atoms with E-state index in [1.807, 2.05) is 0 Å². The fourth-order valence-electron chi connectivity index (χ4n) is 3.58. The second kappa shape index (κ2) is 5.79. The zero-order valence-corrected chi connectivity index (χ0v) is 13.7. The van der Waals surface area contributed by atoms with Crippen LogP contribution < -0.4 is 4.74 Å². The van der Waals surface area contributed by atoms with Crippen molar-refractivity contribution in [2.24, 2.45) is 16.7 Å². The van der Waals surface area contributed by atoms with Gasteiger partial charge in [-0.3, -0.25) is 4.79 Å². The molecule has 24 heavy (non-hydrogen) atoms. The number of carbonyl (C=O) groups is 1. The third-order valence-electron chi connectivity index (χ3n) is 5.12. The molecular formula is C17H18F4O3. The molecule has 1 aromatic carbocycles. The quantitative estimate of drug-likeness (QED) is 0.496. The van der Waals surface area contributed by atoms with E-state index in [4.69, 9.17) is 0 Å². The summed E-state index contributed by atoms with van der Waals surface area (Å²) in [7, 11) is 0.880. The first-order valence-electron chi connectivity index (χ1n) is 7.32. The molecule has 1 saturated carbocycles. The zero-order valence-electron chi connectivity index (χ0n) is 13.7. The predicted molar refractivity (Wildman–Crippen MR) is 78.7 cm³/mol. The number of benzene rings is 1. The highest BCUT2D eigenvalue weighted by atomic mass is 19.2. The van der Waals surface area contributed by atoms with Gasteiger partial charge in [0.25, 0.3) is 0 Å². The fraction of sp³-hybridized carbons (Fsp3) is 0.471. The molecule has 1 aliphatic carbocycles. The monoisotopic (exact) mass is 346 g/mol. The molecule has 7 heteroatoms. The maximum absolute atomic E-state index is 14.2. The summed E-state index contributed by atoms with van der Waals surface area (Å²) in [5.74, 6) is -9.56. The Balaban J connectivity index is 2.61. The number of carboxylic acids is 1. The summed E-state index contributed by atoms with van der Waals surface area (Å²) in [4.78, 5) is 11.8. The zero-order chi connectivity index (χ0) is 18.4. The number of ether oxygens (including phenoxy) is 1. The Bertz CT molecular complexity index is 698. The molecule has 0 amide bonds. The van der Waals surface area contributed by atoms with Crippen LogP contribution in [0.25, 0.3) is 0 Å². The van der Waals surface area contributed by atoms with Gasteiger partial charge >= 0.3 is 5.97 Å². The standard InChI is InChI=1S/C17H18F4O3/c1-5-6-9-16(2,3)17(9,15(22)23)7-8-10(18)12(20)14(24-4)13(21)11(8)19/h5-6,9H,7H2,1-4H3,(H,22,23)/b6-5+/t9?,17-/m0/s1. The van der Waals surface area contributed by atoms with Gasteiger partial charge in [-0.25, -0.2) is 8.78 Å². The Morgan fingerprint density at radius 1 is 1.17 bits per heavy atom. The van der Waals surface area contributed by atoms with Gasteiger partial charge in [-0.1, -0.05) is 26.0 Å². The van der Waals surface area contributed by atoms with Crippen molar-refractivity contribution in [3.05, 3.63) is 41.0 Å². The maximum atomic E-state index is 14.2. The van der Waals surface area contributed by atoms with Crippen molar-refractivity contribution in [2.75, 3.05) is 7.11 Å². The van der Waals surface area contributed by atoms with Gasteiger partial charge in [-0.2, -0.15) is 8.78 Å².